The summed E-state index contributed by atoms with van der Waals surface area (Å²) in [5.41, 5.74) is 7.60. The summed E-state index contributed by atoms with van der Waals surface area (Å²) in [6, 6.07) is 10.6. The van der Waals surface area contributed by atoms with Crippen LogP contribution in [-0.2, 0) is 4.74 Å². The Labute approximate surface area is 144 Å². The van der Waals surface area contributed by atoms with Crippen molar-refractivity contribution in [1.82, 2.24) is 14.6 Å². The Bertz CT molecular complexity index is 899. The van der Waals surface area contributed by atoms with Crippen LogP contribution in [0.25, 0.3) is 16.9 Å². The third-order valence-corrected chi connectivity index (χ3v) is 4.09. The van der Waals surface area contributed by atoms with Gasteiger partial charge >= 0.3 is 6.03 Å². The second-order valence-electron chi connectivity index (χ2n) is 5.76. The molecule has 0 radical (unpaired) electrons. The van der Waals surface area contributed by atoms with Gasteiger partial charge < -0.3 is 20.7 Å². The largest absolute Gasteiger partial charge is 0.378 e. The van der Waals surface area contributed by atoms with Gasteiger partial charge in [-0.3, -0.25) is 0 Å². The van der Waals surface area contributed by atoms with E-state index < -0.39 is 6.03 Å². The van der Waals surface area contributed by atoms with Crippen molar-refractivity contribution in [2.75, 3.05) is 36.5 Å². The van der Waals surface area contributed by atoms with Crippen LogP contribution in [0, 0.1) is 0 Å². The number of ether oxygens (including phenoxy) is 1. The van der Waals surface area contributed by atoms with Gasteiger partial charge in [-0.15, -0.1) is 5.10 Å². The van der Waals surface area contributed by atoms with Gasteiger partial charge in [-0.2, -0.15) is 0 Å². The Hall–Kier alpha value is -3.13. The fourth-order valence-corrected chi connectivity index (χ4v) is 2.89. The molecule has 4 rings (SSSR count). The number of primary amides is 1. The van der Waals surface area contributed by atoms with Crippen LogP contribution in [0.3, 0.4) is 0 Å². The molecule has 1 fully saturated rings. The van der Waals surface area contributed by atoms with Crippen molar-refractivity contribution in [3.8, 4) is 11.4 Å². The molecule has 128 valence electrons. The summed E-state index contributed by atoms with van der Waals surface area (Å²) in [6.07, 6.45) is 1.91. The Morgan fingerprint density at radius 2 is 1.92 bits per heavy atom. The summed E-state index contributed by atoms with van der Waals surface area (Å²) < 4.78 is 7.27. The average Bonchev–Trinajstić information content (AvgIpc) is 3.10. The highest BCUT2D eigenvalue weighted by Crippen LogP contribution is 2.25. The molecule has 0 atom stereocenters. The number of carbonyl (C=O) groups excluding carboxylic acids is 1. The molecule has 3 aromatic rings. The molecule has 1 aliphatic rings. The fraction of sp³-hybridized carbons (Fsp3) is 0.235. The lowest BCUT2D eigenvalue weighted by Gasteiger charge is -2.28. The first-order chi connectivity index (χ1) is 12.2. The molecule has 1 aromatic carbocycles. The zero-order chi connectivity index (χ0) is 17.2. The zero-order valence-electron chi connectivity index (χ0n) is 13.6. The van der Waals surface area contributed by atoms with Crippen LogP contribution in [0.1, 0.15) is 0 Å². The lowest BCUT2D eigenvalue weighted by molar-refractivity contribution is 0.122. The standard InChI is InChI=1S/C17H18N6O2/c18-17(24)19-13-5-3-12(4-6-13)15-20-16(22-8-10-25-11-9-22)14-2-1-7-23(14)21-15/h1-7H,8-11H2,(H3,18,19,24). The molecule has 0 aliphatic carbocycles. The molecule has 3 N–H and O–H groups in total. The molecule has 8 heteroatoms. The quantitative estimate of drug-likeness (QED) is 0.758. The number of nitrogens with two attached hydrogens (primary N) is 1. The Balaban J connectivity index is 1.73. The molecule has 2 amide bonds. The molecule has 1 aliphatic heterocycles. The van der Waals surface area contributed by atoms with E-state index >= 15 is 0 Å². The van der Waals surface area contributed by atoms with Crippen LogP contribution in [-0.4, -0.2) is 46.9 Å². The summed E-state index contributed by atoms with van der Waals surface area (Å²) in [4.78, 5) is 17.9. The number of carbonyl (C=O) groups is 1. The number of nitrogens with zero attached hydrogens (tertiary/aromatic N) is 4. The minimum atomic E-state index is -0.590. The number of benzene rings is 1. The number of hydrogen-bond acceptors (Lipinski definition) is 5. The molecule has 0 spiro atoms. The Kier molecular flexibility index (Phi) is 3.95. The van der Waals surface area contributed by atoms with E-state index in [-0.39, 0.29) is 0 Å². The van der Waals surface area contributed by atoms with Gasteiger partial charge in [0, 0.05) is 30.5 Å². The van der Waals surface area contributed by atoms with Crippen molar-refractivity contribution in [1.29, 1.82) is 0 Å². The van der Waals surface area contributed by atoms with Crippen molar-refractivity contribution < 1.29 is 9.53 Å². The van der Waals surface area contributed by atoms with Crippen molar-refractivity contribution >= 4 is 23.1 Å². The SMILES string of the molecule is NC(=O)Nc1ccc(-c2nc(N3CCOCC3)c3cccn3n2)cc1. The lowest BCUT2D eigenvalue weighted by Crippen LogP contribution is -2.37. The first-order valence-corrected chi connectivity index (χ1v) is 8.06. The van der Waals surface area contributed by atoms with E-state index in [4.69, 9.17) is 15.5 Å². The van der Waals surface area contributed by atoms with Crippen LogP contribution < -0.4 is 16.0 Å². The van der Waals surface area contributed by atoms with Gasteiger partial charge in [0.05, 0.1) is 13.2 Å². The summed E-state index contributed by atoms with van der Waals surface area (Å²) in [5, 5.41) is 7.13. The molecule has 2 aromatic heterocycles. The third kappa shape index (κ3) is 3.11. The van der Waals surface area contributed by atoms with E-state index in [1.807, 2.05) is 35.0 Å². The molecule has 0 unspecified atom stereocenters. The summed E-state index contributed by atoms with van der Waals surface area (Å²) >= 11 is 0. The number of anilines is 2. The Morgan fingerprint density at radius 3 is 2.64 bits per heavy atom. The lowest BCUT2D eigenvalue weighted by atomic mass is 10.2. The van der Waals surface area contributed by atoms with Gasteiger partial charge in [-0.1, -0.05) is 0 Å². The molecular formula is C17H18N6O2. The van der Waals surface area contributed by atoms with Crippen molar-refractivity contribution in [3.63, 3.8) is 0 Å². The molecule has 1 saturated heterocycles. The van der Waals surface area contributed by atoms with E-state index in [0.29, 0.717) is 24.7 Å². The second kappa shape index (κ2) is 6.40. The first kappa shape index (κ1) is 15.4. The van der Waals surface area contributed by atoms with Gasteiger partial charge in [-0.25, -0.2) is 14.3 Å². The topological polar surface area (TPSA) is 97.8 Å². The Morgan fingerprint density at radius 1 is 1.16 bits per heavy atom. The number of hydrogen-bond donors (Lipinski definition) is 2. The van der Waals surface area contributed by atoms with Crippen LogP contribution in [0.2, 0.25) is 0 Å². The minimum Gasteiger partial charge on any atom is -0.378 e. The normalized spacial score (nSPS) is 14.6. The maximum Gasteiger partial charge on any atom is 0.316 e. The zero-order valence-corrected chi connectivity index (χ0v) is 13.6. The number of morpholine rings is 1. The average molecular weight is 338 g/mol. The van der Waals surface area contributed by atoms with E-state index in [9.17, 15) is 4.79 Å². The molecule has 8 nitrogen and oxygen atoms in total. The predicted octanol–water partition coefficient (Wildman–Crippen LogP) is 1.72. The molecule has 25 heavy (non-hydrogen) atoms. The minimum absolute atomic E-state index is 0.590. The summed E-state index contributed by atoms with van der Waals surface area (Å²) in [6.45, 7) is 3.00. The van der Waals surface area contributed by atoms with Crippen molar-refractivity contribution in [2.24, 2.45) is 5.73 Å². The highest BCUT2D eigenvalue weighted by atomic mass is 16.5. The maximum absolute atomic E-state index is 10.9. The van der Waals surface area contributed by atoms with E-state index in [1.165, 1.54) is 0 Å². The number of urea groups is 1. The monoisotopic (exact) mass is 338 g/mol. The smallest absolute Gasteiger partial charge is 0.316 e. The number of amides is 2. The molecular weight excluding hydrogens is 320 g/mol. The van der Waals surface area contributed by atoms with E-state index in [1.54, 1.807) is 12.1 Å². The highest BCUT2D eigenvalue weighted by Gasteiger charge is 2.18. The van der Waals surface area contributed by atoms with Gasteiger partial charge in [0.25, 0.3) is 0 Å². The van der Waals surface area contributed by atoms with Crippen LogP contribution in [0.4, 0.5) is 16.3 Å². The maximum atomic E-state index is 10.9. The number of nitrogens with one attached hydrogen (secondary N) is 1. The van der Waals surface area contributed by atoms with Gasteiger partial charge in [0.1, 0.15) is 5.52 Å². The first-order valence-electron chi connectivity index (χ1n) is 8.06. The van der Waals surface area contributed by atoms with E-state index in [0.717, 1.165) is 30.0 Å². The number of fused-ring (bicyclic) bond motifs is 1. The van der Waals surface area contributed by atoms with Crippen LogP contribution >= 0.6 is 0 Å². The van der Waals surface area contributed by atoms with Crippen LogP contribution in [0.15, 0.2) is 42.6 Å². The predicted molar refractivity (Wildman–Crippen MR) is 94.7 cm³/mol. The van der Waals surface area contributed by atoms with Gasteiger partial charge in [-0.05, 0) is 36.4 Å². The fourth-order valence-electron chi connectivity index (χ4n) is 2.89. The van der Waals surface area contributed by atoms with Gasteiger partial charge in [0.2, 0.25) is 0 Å². The van der Waals surface area contributed by atoms with Gasteiger partial charge in [0.15, 0.2) is 11.6 Å². The third-order valence-electron chi connectivity index (χ3n) is 4.09. The molecule has 3 heterocycles. The highest BCUT2D eigenvalue weighted by molar-refractivity contribution is 5.88. The molecule has 0 bridgehead atoms. The van der Waals surface area contributed by atoms with Crippen LogP contribution in [0.5, 0.6) is 0 Å². The number of rotatable bonds is 3. The van der Waals surface area contributed by atoms with Crippen molar-refractivity contribution in [2.45, 2.75) is 0 Å². The molecule has 0 saturated carbocycles. The number of aromatic nitrogens is 3. The van der Waals surface area contributed by atoms with E-state index in [2.05, 4.69) is 15.3 Å². The second-order valence-corrected chi connectivity index (χ2v) is 5.76. The summed E-state index contributed by atoms with van der Waals surface area (Å²) in [5.74, 6) is 1.52. The summed E-state index contributed by atoms with van der Waals surface area (Å²) in [7, 11) is 0. The van der Waals surface area contributed by atoms with Crippen molar-refractivity contribution in [3.05, 3.63) is 42.6 Å².